The lowest BCUT2D eigenvalue weighted by molar-refractivity contribution is 0.0665. The Morgan fingerprint density at radius 2 is 1.95 bits per heavy atom. The summed E-state index contributed by atoms with van der Waals surface area (Å²) in [5.41, 5.74) is 6.63. The largest absolute Gasteiger partial charge is 0.380 e. The summed E-state index contributed by atoms with van der Waals surface area (Å²) < 4.78 is 32.0. The molecule has 3 unspecified atom stereocenters. The van der Waals surface area contributed by atoms with Crippen molar-refractivity contribution < 1.29 is 18.1 Å². The molecule has 13 heteroatoms. The Bertz CT molecular complexity index is 1640. The van der Waals surface area contributed by atoms with Gasteiger partial charge in [-0.2, -0.15) is 8.78 Å². The van der Waals surface area contributed by atoms with Crippen molar-refractivity contribution in [3.63, 3.8) is 0 Å². The highest BCUT2D eigenvalue weighted by atomic mass is 35.5. The number of benzene rings is 1. The first-order chi connectivity index (χ1) is 18.2. The van der Waals surface area contributed by atoms with Crippen LogP contribution in [-0.2, 0) is 0 Å². The van der Waals surface area contributed by atoms with Crippen LogP contribution < -0.4 is 21.5 Å². The molecule has 9 nitrogen and oxygen atoms in total. The second-order valence-corrected chi connectivity index (χ2v) is 10.2. The number of hydrogen-bond acceptors (Lipinski definition) is 7. The third kappa shape index (κ3) is 3.97. The summed E-state index contributed by atoms with van der Waals surface area (Å²) in [6.45, 7) is -2.31. The van der Waals surface area contributed by atoms with Crippen LogP contribution in [0.5, 0.6) is 0 Å². The topological polar surface area (TPSA) is 119 Å². The fourth-order valence-electron chi connectivity index (χ4n) is 5.52. The molecule has 2 aliphatic rings. The van der Waals surface area contributed by atoms with Gasteiger partial charge in [-0.25, -0.2) is 4.98 Å². The molecule has 6 rings (SSSR count). The fraction of sp³-hybridized carbons (Fsp3) is 0.280. The number of aromatic nitrogens is 3. The SMILES string of the molecule is Nc1noc2c(N3CC4CCC3C4NC(=O)c3ccc(-c4ccc(=O)n(C(F)F)c4)cc3Cl)ncc(Cl)c12. The molecule has 1 aliphatic carbocycles. The zero-order valence-corrected chi connectivity index (χ0v) is 21.1. The van der Waals surface area contributed by atoms with Gasteiger partial charge in [-0.15, -0.1) is 0 Å². The zero-order chi connectivity index (χ0) is 26.7. The highest BCUT2D eigenvalue weighted by Crippen LogP contribution is 2.43. The number of halogens is 4. The quantitative estimate of drug-likeness (QED) is 0.362. The van der Waals surface area contributed by atoms with E-state index in [1.807, 2.05) is 0 Å². The Hall–Kier alpha value is -3.70. The molecule has 2 fully saturated rings. The third-order valence-electron chi connectivity index (χ3n) is 7.31. The highest BCUT2D eigenvalue weighted by molar-refractivity contribution is 6.36. The molecule has 1 aliphatic heterocycles. The van der Waals surface area contributed by atoms with Gasteiger partial charge >= 0.3 is 6.55 Å². The molecule has 4 heterocycles. The molecule has 3 N–H and O–H groups in total. The molecule has 4 aromatic rings. The van der Waals surface area contributed by atoms with E-state index in [2.05, 4.69) is 20.4 Å². The number of piperidine rings is 1. The van der Waals surface area contributed by atoms with Crippen molar-refractivity contribution >= 4 is 51.7 Å². The molecule has 0 radical (unpaired) electrons. The third-order valence-corrected chi connectivity index (χ3v) is 7.91. The molecule has 38 heavy (non-hydrogen) atoms. The number of nitrogens with one attached hydrogen (secondary N) is 1. The molecule has 0 spiro atoms. The van der Waals surface area contributed by atoms with Crippen molar-refractivity contribution in [2.24, 2.45) is 5.92 Å². The average Bonchev–Trinajstić information content (AvgIpc) is 3.57. The maximum Gasteiger partial charge on any atom is 0.321 e. The van der Waals surface area contributed by atoms with Gasteiger partial charge in [0, 0.05) is 25.0 Å². The lowest BCUT2D eigenvalue weighted by atomic mass is 10.0. The number of carbonyl (C=O) groups is 1. The lowest BCUT2D eigenvalue weighted by Gasteiger charge is -2.28. The molecule has 3 atom stereocenters. The van der Waals surface area contributed by atoms with Gasteiger partial charge < -0.3 is 20.5 Å². The Balaban J connectivity index is 1.23. The summed E-state index contributed by atoms with van der Waals surface area (Å²) in [4.78, 5) is 31.4. The molecule has 1 aromatic carbocycles. The summed E-state index contributed by atoms with van der Waals surface area (Å²) in [6, 6.07) is 6.98. The van der Waals surface area contributed by atoms with E-state index in [1.165, 1.54) is 18.3 Å². The van der Waals surface area contributed by atoms with E-state index in [1.54, 1.807) is 12.1 Å². The summed E-state index contributed by atoms with van der Waals surface area (Å²) in [7, 11) is 0. The van der Waals surface area contributed by atoms with Crippen molar-refractivity contribution in [2.75, 3.05) is 17.2 Å². The van der Waals surface area contributed by atoms with Crippen LogP contribution in [0.2, 0.25) is 10.0 Å². The predicted molar refractivity (Wildman–Crippen MR) is 139 cm³/mol. The molecule has 1 saturated carbocycles. The van der Waals surface area contributed by atoms with E-state index in [0.29, 0.717) is 44.0 Å². The first kappa shape index (κ1) is 24.6. The Labute approximate surface area is 224 Å². The molecular weight excluding hydrogens is 541 g/mol. The number of rotatable bonds is 5. The van der Waals surface area contributed by atoms with Crippen molar-refractivity contribution in [3.05, 3.63) is 68.7 Å². The lowest BCUT2D eigenvalue weighted by Crippen LogP contribution is -2.44. The number of carbonyl (C=O) groups excluding carboxylic acids is 1. The van der Waals surface area contributed by atoms with E-state index in [9.17, 15) is 18.4 Å². The molecule has 2 bridgehead atoms. The Morgan fingerprint density at radius 3 is 2.71 bits per heavy atom. The standard InChI is InChI=1S/C25H20Cl2F2N6O3/c26-15-7-11(12-3-6-18(36)35(9-12)25(28)29)1-4-14(15)24(37)32-20-13-2-5-17(20)34(10-13)23-21-19(16(27)8-31-23)22(30)33-38-21/h1,3-4,6-9,13,17,20,25H,2,5,10H2,(H2,30,33)(H,32,37). The minimum atomic E-state index is -2.97. The highest BCUT2D eigenvalue weighted by Gasteiger charge is 2.49. The number of amides is 1. The van der Waals surface area contributed by atoms with Gasteiger partial charge in [0.05, 0.1) is 33.1 Å². The van der Waals surface area contributed by atoms with Crippen LogP contribution in [0.3, 0.4) is 0 Å². The van der Waals surface area contributed by atoms with Gasteiger partial charge in [-0.05, 0) is 48.1 Å². The van der Waals surface area contributed by atoms with Crippen LogP contribution in [0.1, 0.15) is 29.7 Å². The Kier molecular flexibility index (Phi) is 5.99. The fourth-order valence-corrected chi connectivity index (χ4v) is 6.02. The number of anilines is 2. The monoisotopic (exact) mass is 560 g/mol. The number of fused-ring (bicyclic) bond motifs is 3. The first-order valence-corrected chi connectivity index (χ1v) is 12.6. The maximum absolute atomic E-state index is 13.2. The van der Waals surface area contributed by atoms with Crippen molar-refractivity contribution in [1.29, 1.82) is 0 Å². The average molecular weight is 561 g/mol. The van der Waals surface area contributed by atoms with Crippen molar-refractivity contribution in [2.45, 2.75) is 31.5 Å². The maximum atomic E-state index is 13.2. The van der Waals surface area contributed by atoms with Crippen LogP contribution in [-0.4, -0.2) is 39.2 Å². The molecule has 1 amide bonds. The van der Waals surface area contributed by atoms with Gasteiger partial charge in [-0.3, -0.25) is 14.2 Å². The van der Waals surface area contributed by atoms with Crippen LogP contribution in [0, 0.1) is 5.92 Å². The van der Waals surface area contributed by atoms with Crippen molar-refractivity contribution in [1.82, 2.24) is 20.0 Å². The smallest absolute Gasteiger partial charge is 0.321 e. The summed E-state index contributed by atoms with van der Waals surface area (Å²) >= 11 is 12.7. The summed E-state index contributed by atoms with van der Waals surface area (Å²) in [6.07, 6.45) is 4.36. The van der Waals surface area contributed by atoms with E-state index < -0.39 is 12.1 Å². The number of nitrogen functional groups attached to an aromatic ring is 1. The van der Waals surface area contributed by atoms with Gasteiger partial charge in [0.1, 0.15) is 0 Å². The molecule has 196 valence electrons. The van der Waals surface area contributed by atoms with Gasteiger partial charge in [0.15, 0.2) is 11.6 Å². The van der Waals surface area contributed by atoms with E-state index in [0.717, 1.165) is 25.1 Å². The van der Waals surface area contributed by atoms with Crippen molar-refractivity contribution in [3.8, 4) is 11.1 Å². The normalized spacial score (nSPS) is 20.6. The number of alkyl halides is 2. The van der Waals surface area contributed by atoms with Gasteiger partial charge in [-0.1, -0.05) is 34.4 Å². The minimum absolute atomic E-state index is 0.0272. The number of hydrogen-bond donors (Lipinski definition) is 2. The van der Waals surface area contributed by atoms with E-state index in [4.69, 9.17) is 33.5 Å². The van der Waals surface area contributed by atoms with Crippen LogP contribution >= 0.6 is 23.2 Å². The van der Waals surface area contributed by atoms with E-state index in [-0.39, 0.29) is 40.3 Å². The second-order valence-electron chi connectivity index (χ2n) is 9.39. The second kappa shape index (κ2) is 9.25. The Morgan fingerprint density at radius 1 is 1.16 bits per heavy atom. The predicted octanol–water partition coefficient (Wildman–Crippen LogP) is 4.73. The van der Waals surface area contributed by atoms with Crippen LogP contribution in [0.15, 0.2) is 52.0 Å². The summed E-state index contributed by atoms with van der Waals surface area (Å²) in [5.74, 6) is 0.604. The minimum Gasteiger partial charge on any atom is -0.380 e. The summed E-state index contributed by atoms with van der Waals surface area (Å²) in [5, 5.41) is 7.97. The van der Waals surface area contributed by atoms with E-state index >= 15 is 0 Å². The van der Waals surface area contributed by atoms with Crippen LogP contribution in [0.25, 0.3) is 22.1 Å². The van der Waals surface area contributed by atoms with Crippen LogP contribution in [0.4, 0.5) is 20.4 Å². The van der Waals surface area contributed by atoms with Gasteiger partial charge in [0.2, 0.25) is 5.58 Å². The first-order valence-electron chi connectivity index (χ1n) is 11.8. The number of nitrogens with zero attached hydrogens (tertiary/aromatic N) is 4. The molecule has 1 saturated heterocycles. The number of pyridine rings is 2. The number of nitrogens with two attached hydrogens (primary N) is 1. The zero-order valence-electron chi connectivity index (χ0n) is 19.6. The molecule has 3 aromatic heterocycles. The molecular formula is C25H20Cl2F2N6O3. The van der Waals surface area contributed by atoms with Gasteiger partial charge in [0.25, 0.3) is 11.5 Å².